The van der Waals surface area contributed by atoms with Gasteiger partial charge in [-0.05, 0) is 6.42 Å². The van der Waals surface area contributed by atoms with Gasteiger partial charge in [0.15, 0.2) is 17.4 Å². The second-order valence-electron chi connectivity index (χ2n) is 3.37. The SMILES string of the molecule is CCCOc1cnn(-c2nc(N)ncc2F)c1. The van der Waals surface area contributed by atoms with E-state index in [1.807, 2.05) is 6.92 Å². The van der Waals surface area contributed by atoms with Crippen molar-refractivity contribution in [2.24, 2.45) is 0 Å². The Hall–Kier alpha value is -2.18. The van der Waals surface area contributed by atoms with Crippen LogP contribution in [0.5, 0.6) is 5.75 Å². The molecule has 0 atom stereocenters. The maximum atomic E-state index is 13.4. The number of hydrogen-bond acceptors (Lipinski definition) is 5. The van der Waals surface area contributed by atoms with E-state index >= 15 is 0 Å². The van der Waals surface area contributed by atoms with Gasteiger partial charge in [0.2, 0.25) is 5.95 Å². The summed E-state index contributed by atoms with van der Waals surface area (Å²) in [6.45, 7) is 2.58. The molecule has 0 bridgehead atoms. The van der Waals surface area contributed by atoms with Crippen LogP contribution in [-0.2, 0) is 0 Å². The van der Waals surface area contributed by atoms with Crippen LogP contribution in [0, 0.1) is 5.82 Å². The fraction of sp³-hybridized carbons (Fsp3) is 0.300. The van der Waals surface area contributed by atoms with Gasteiger partial charge in [-0.15, -0.1) is 0 Å². The van der Waals surface area contributed by atoms with Gasteiger partial charge in [-0.25, -0.2) is 14.1 Å². The summed E-state index contributed by atoms with van der Waals surface area (Å²) < 4.78 is 20.0. The molecular weight excluding hydrogens is 225 g/mol. The lowest BCUT2D eigenvalue weighted by atomic mass is 10.5. The van der Waals surface area contributed by atoms with Crippen molar-refractivity contribution in [3.05, 3.63) is 24.4 Å². The first-order valence-electron chi connectivity index (χ1n) is 5.16. The van der Waals surface area contributed by atoms with Crippen LogP contribution in [0.3, 0.4) is 0 Å². The highest BCUT2D eigenvalue weighted by molar-refractivity contribution is 5.30. The van der Waals surface area contributed by atoms with Crippen LogP contribution in [-0.4, -0.2) is 26.4 Å². The smallest absolute Gasteiger partial charge is 0.222 e. The first kappa shape index (κ1) is 11.3. The lowest BCUT2D eigenvalue weighted by Gasteiger charge is -2.02. The lowest BCUT2D eigenvalue weighted by molar-refractivity contribution is 0.317. The number of anilines is 1. The van der Waals surface area contributed by atoms with E-state index in [0.29, 0.717) is 12.4 Å². The van der Waals surface area contributed by atoms with Crippen LogP contribution in [0.15, 0.2) is 18.6 Å². The number of ether oxygens (including phenoxy) is 1. The second-order valence-corrected chi connectivity index (χ2v) is 3.37. The molecule has 2 rings (SSSR count). The Morgan fingerprint density at radius 3 is 3.06 bits per heavy atom. The zero-order valence-corrected chi connectivity index (χ0v) is 9.30. The molecule has 17 heavy (non-hydrogen) atoms. The summed E-state index contributed by atoms with van der Waals surface area (Å²) in [7, 11) is 0. The lowest BCUT2D eigenvalue weighted by Crippen LogP contribution is -2.05. The number of hydrogen-bond donors (Lipinski definition) is 1. The third-order valence-electron chi connectivity index (χ3n) is 1.99. The number of rotatable bonds is 4. The van der Waals surface area contributed by atoms with Gasteiger partial charge in [-0.1, -0.05) is 6.92 Å². The van der Waals surface area contributed by atoms with Gasteiger partial charge in [-0.2, -0.15) is 10.1 Å². The van der Waals surface area contributed by atoms with E-state index in [1.54, 1.807) is 6.20 Å². The highest BCUT2D eigenvalue weighted by atomic mass is 19.1. The van der Waals surface area contributed by atoms with Crippen molar-refractivity contribution in [2.75, 3.05) is 12.3 Å². The molecule has 0 amide bonds. The van der Waals surface area contributed by atoms with E-state index < -0.39 is 5.82 Å². The Bertz CT molecular complexity index is 513. The number of halogens is 1. The number of nitrogen functional groups attached to an aromatic ring is 1. The summed E-state index contributed by atoms with van der Waals surface area (Å²) in [6.07, 6.45) is 4.93. The molecular formula is C10H12FN5O. The largest absolute Gasteiger partial charge is 0.490 e. The molecule has 0 radical (unpaired) electrons. The van der Waals surface area contributed by atoms with Gasteiger partial charge in [0, 0.05) is 0 Å². The molecule has 0 aliphatic carbocycles. The van der Waals surface area contributed by atoms with E-state index in [4.69, 9.17) is 10.5 Å². The molecule has 2 aromatic heterocycles. The molecule has 6 nitrogen and oxygen atoms in total. The minimum atomic E-state index is -0.593. The summed E-state index contributed by atoms with van der Waals surface area (Å²) >= 11 is 0. The molecule has 0 aliphatic heterocycles. The van der Waals surface area contributed by atoms with Crippen molar-refractivity contribution in [3.63, 3.8) is 0 Å². The molecule has 2 heterocycles. The Balaban J connectivity index is 2.27. The van der Waals surface area contributed by atoms with Crippen molar-refractivity contribution >= 4 is 5.95 Å². The number of nitrogens with zero attached hydrogens (tertiary/aromatic N) is 4. The quantitative estimate of drug-likeness (QED) is 0.863. The molecule has 0 fully saturated rings. The third-order valence-corrected chi connectivity index (χ3v) is 1.99. The first-order valence-corrected chi connectivity index (χ1v) is 5.16. The van der Waals surface area contributed by atoms with Crippen LogP contribution in [0.1, 0.15) is 13.3 Å². The van der Waals surface area contributed by atoms with Gasteiger partial charge >= 0.3 is 0 Å². The molecule has 0 aromatic carbocycles. The predicted molar refractivity (Wildman–Crippen MR) is 59.3 cm³/mol. The highest BCUT2D eigenvalue weighted by Crippen LogP contribution is 2.14. The van der Waals surface area contributed by atoms with E-state index in [9.17, 15) is 4.39 Å². The van der Waals surface area contributed by atoms with Crippen LogP contribution in [0.4, 0.5) is 10.3 Å². The first-order chi connectivity index (χ1) is 8.20. The Labute approximate surface area is 97.2 Å². The molecule has 0 unspecified atom stereocenters. The highest BCUT2D eigenvalue weighted by Gasteiger charge is 2.09. The molecule has 0 saturated carbocycles. The molecule has 0 aliphatic rings. The molecule has 7 heteroatoms. The Morgan fingerprint density at radius 2 is 2.29 bits per heavy atom. The third kappa shape index (κ3) is 2.49. The van der Waals surface area contributed by atoms with Gasteiger partial charge in [0.1, 0.15) is 0 Å². The van der Waals surface area contributed by atoms with E-state index in [2.05, 4.69) is 15.1 Å². The van der Waals surface area contributed by atoms with Crippen LogP contribution < -0.4 is 10.5 Å². The van der Waals surface area contributed by atoms with Gasteiger partial charge in [0.05, 0.1) is 25.2 Å². The average Bonchev–Trinajstić information content (AvgIpc) is 2.78. The maximum absolute atomic E-state index is 13.4. The summed E-state index contributed by atoms with van der Waals surface area (Å²) in [4.78, 5) is 7.31. The zero-order chi connectivity index (χ0) is 12.3. The van der Waals surface area contributed by atoms with Crippen molar-refractivity contribution < 1.29 is 9.13 Å². The van der Waals surface area contributed by atoms with Crippen LogP contribution in [0.25, 0.3) is 5.82 Å². The van der Waals surface area contributed by atoms with Gasteiger partial charge < -0.3 is 10.5 Å². The minimum absolute atomic E-state index is 0.00356. The molecule has 0 spiro atoms. The number of nitrogens with two attached hydrogens (primary N) is 1. The normalized spacial score (nSPS) is 10.5. The summed E-state index contributed by atoms with van der Waals surface area (Å²) in [5.41, 5.74) is 5.39. The Kier molecular flexibility index (Phi) is 3.17. The average molecular weight is 237 g/mol. The molecule has 0 saturated heterocycles. The van der Waals surface area contributed by atoms with Crippen molar-refractivity contribution in [1.29, 1.82) is 0 Å². The van der Waals surface area contributed by atoms with Gasteiger partial charge in [-0.3, -0.25) is 0 Å². The van der Waals surface area contributed by atoms with E-state index in [-0.39, 0.29) is 11.8 Å². The minimum Gasteiger partial charge on any atom is -0.490 e. The summed E-state index contributed by atoms with van der Waals surface area (Å²) in [6, 6.07) is 0. The monoisotopic (exact) mass is 237 g/mol. The molecule has 2 N–H and O–H groups in total. The second kappa shape index (κ2) is 4.77. The Morgan fingerprint density at radius 1 is 1.47 bits per heavy atom. The van der Waals surface area contributed by atoms with Gasteiger partial charge in [0.25, 0.3) is 0 Å². The van der Waals surface area contributed by atoms with Crippen molar-refractivity contribution in [1.82, 2.24) is 19.7 Å². The van der Waals surface area contributed by atoms with Crippen molar-refractivity contribution in [3.8, 4) is 11.6 Å². The molecule has 2 aromatic rings. The summed E-state index contributed by atoms with van der Waals surface area (Å²) in [5, 5.41) is 3.95. The predicted octanol–water partition coefficient (Wildman–Crippen LogP) is 1.17. The fourth-order valence-electron chi connectivity index (χ4n) is 1.25. The maximum Gasteiger partial charge on any atom is 0.222 e. The topological polar surface area (TPSA) is 78.8 Å². The van der Waals surface area contributed by atoms with E-state index in [0.717, 1.165) is 12.6 Å². The fourth-order valence-corrected chi connectivity index (χ4v) is 1.25. The van der Waals surface area contributed by atoms with E-state index in [1.165, 1.54) is 10.9 Å². The van der Waals surface area contributed by atoms with Crippen molar-refractivity contribution in [2.45, 2.75) is 13.3 Å². The molecule has 90 valence electrons. The van der Waals surface area contributed by atoms with Crippen LogP contribution in [0.2, 0.25) is 0 Å². The summed E-state index contributed by atoms with van der Waals surface area (Å²) in [5.74, 6) is -0.0375. The number of aromatic nitrogens is 4. The standard InChI is InChI=1S/C10H12FN5O/c1-2-3-17-7-4-14-16(6-7)9-8(11)5-13-10(12)15-9/h4-6H,2-3H2,1H3,(H2,12,13,15). The zero-order valence-electron chi connectivity index (χ0n) is 9.30. The van der Waals surface area contributed by atoms with Crippen LogP contribution >= 0.6 is 0 Å².